The van der Waals surface area contributed by atoms with Gasteiger partial charge in [-0.3, -0.25) is 0 Å². The van der Waals surface area contributed by atoms with Gasteiger partial charge in [-0.1, -0.05) is 0 Å². The number of anilines is 1. The molecule has 122 valence electrons. The lowest BCUT2D eigenvalue weighted by atomic mass is 10.1. The van der Waals surface area contributed by atoms with E-state index in [4.69, 9.17) is 14.2 Å². The van der Waals surface area contributed by atoms with Crippen molar-refractivity contribution in [2.75, 3.05) is 26.1 Å². The molecule has 0 aliphatic heterocycles. The van der Waals surface area contributed by atoms with E-state index in [0.717, 1.165) is 22.7 Å². The Kier molecular flexibility index (Phi) is 5.86. The number of hydrogen-bond acceptors (Lipinski definition) is 5. The van der Waals surface area contributed by atoms with E-state index < -0.39 is 0 Å². The van der Waals surface area contributed by atoms with E-state index in [2.05, 4.69) is 5.32 Å². The summed E-state index contributed by atoms with van der Waals surface area (Å²) in [7, 11) is 3.25. The first kappa shape index (κ1) is 16.7. The molecule has 0 saturated carbocycles. The standard InChI is InChI=1S/C18H21NO4/c1-4-23-18(20)13-5-8-15(9-6-13)19-12-14-7-10-16(21-2)11-17(14)22-3/h5-11,19H,4,12H2,1-3H3. The Balaban J connectivity index is 2.02. The largest absolute Gasteiger partial charge is 0.497 e. The second kappa shape index (κ2) is 8.08. The van der Waals surface area contributed by atoms with Crippen molar-refractivity contribution in [1.29, 1.82) is 0 Å². The van der Waals surface area contributed by atoms with Gasteiger partial charge < -0.3 is 19.5 Å². The number of carbonyl (C=O) groups is 1. The van der Waals surface area contributed by atoms with Gasteiger partial charge in [0.2, 0.25) is 0 Å². The minimum absolute atomic E-state index is 0.309. The van der Waals surface area contributed by atoms with Crippen LogP contribution in [0.1, 0.15) is 22.8 Å². The van der Waals surface area contributed by atoms with Crippen molar-refractivity contribution >= 4 is 11.7 Å². The van der Waals surface area contributed by atoms with Crippen molar-refractivity contribution < 1.29 is 19.0 Å². The van der Waals surface area contributed by atoms with E-state index in [0.29, 0.717) is 18.7 Å². The summed E-state index contributed by atoms with van der Waals surface area (Å²) in [6, 6.07) is 12.9. The number of esters is 1. The van der Waals surface area contributed by atoms with Crippen LogP contribution in [0, 0.1) is 0 Å². The summed E-state index contributed by atoms with van der Waals surface area (Å²) in [5.74, 6) is 1.21. The predicted octanol–water partition coefficient (Wildman–Crippen LogP) is 3.49. The fourth-order valence-electron chi connectivity index (χ4n) is 2.13. The molecule has 0 bridgehead atoms. The third-order valence-corrected chi connectivity index (χ3v) is 3.37. The second-order valence-corrected chi connectivity index (χ2v) is 4.83. The van der Waals surface area contributed by atoms with Crippen molar-refractivity contribution in [2.24, 2.45) is 0 Å². The SMILES string of the molecule is CCOC(=O)c1ccc(NCc2ccc(OC)cc2OC)cc1. The van der Waals surface area contributed by atoms with E-state index in [9.17, 15) is 4.79 Å². The van der Waals surface area contributed by atoms with Crippen molar-refractivity contribution in [3.63, 3.8) is 0 Å². The zero-order valence-corrected chi connectivity index (χ0v) is 13.6. The Morgan fingerprint density at radius 2 is 1.78 bits per heavy atom. The predicted molar refractivity (Wildman–Crippen MR) is 89.3 cm³/mol. The summed E-state index contributed by atoms with van der Waals surface area (Å²) < 4.78 is 15.5. The maximum absolute atomic E-state index is 11.6. The van der Waals surface area contributed by atoms with Crippen LogP contribution in [0.25, 0.3) is 0 Å². The first-order valence-corrected chi connectivity index (χ1v) is 7.40. The van der Waals surface area contributed by atoms with Gasteiger partial charge in [0, 0.05) is 23.9 Å². The Hall–Kier alpha value is -2.69. The maximum Gasteiger partial charge on any atom is 0.338 e. The van der Waals surface area contributed by atoms with Gasteiger partial charge in [0.25, 0.3) is 0 Å². The Morgan fingerprint density at radius 1 is 1.04 bits per heavy atom. The van der Waals surface area contributed by atoms with Crippen molar-refractivity contribution in [2.45, 2.75) is 13.5 Å². The highest BCUT2D eigenvalue weighted by atomic mass is 16.5. The first-order chi connectivity index (χ1) is 11.2. The lowest BCUT2D eigenvalue weighted by molar-refractivity contribution is 0.0526. The third kappa shape index (κ3) is 4.39. The molecule has 23 heavy (non-hydrogen) atoms. The molecule has 5 heteroatoms. The molecule has 0 saturated heterocycles. The molecular formula is C18H21NO4. The molecule has 2 aromatic rings. The Morgan fingerprint density at radius 3 is 2.39 bits per heavy atom. The van der Waals surface area contributed by atoms with Crippen LogP contribution < -0.4 is 14.8 Å². The van der Waals surface area contributed by atoms with Gasteiger partial charge in [0.1, 0.15) is 11.5 Å². The van der Waals surface area contributed by atoms with Gasteiger partial charge in [-0.2, -0.15) is 0 Å². The van der Waals surface area contributed by atoms with Gasteiger partial charge in [-0.15, -0.1) is 0 Å². The minimum Gasteiger partial charge on any atom is -0.497 e. The fourth-order valence-corrected chi connectivity index (χ4v) is 2.13. The molecule has 0 aliphatic rings. The number of carbonyl (C=O) groups excluding carboxylic acids is 1. The number of nitrogens with one attached hydrogen (secondary N) is 1. The van der Waals surface area contributed by atoms with Crippen molar-refractivity contribution in [1.82, 2.24) is 0 Å². The van der Waals surface area contributed by atoms with E-state index >= 15 is 0 Å². The topological polar surface area (TPSA) is 56.8 Å². The molecule has 5 nitrogen and oxygen atoms in total. The molecular weight excluding hydrogens is 294 g/mol. The molecule has 0 heterocycles. The molecule has 2 rings (SSSR count). The molecule has 0 amide bonds. The lowest BCUT2D eigenvalue weighted by Gasteiger charge is -2.12. The van der Waals surface area contributed by atoms with Crippen LogP contribution in [0.4, 0.5) is 5.69 Å². The van der Waals surface area contributed by atoms with Crippen LogP contribution in [-0.4, -0.2) is 26.8 Å². The summed E-state index contributed by atoms with van der Waals surface area (Å²) in [6.07, 6.45) is 0. The van der Waals surface area contributed by atoms with Crippen LogP contribution >= 0.6 is 0 Å². The van der Waals surface area contributed by atoms with Crippen LogP contribution in [0.3, 0.4) is 0 Å². The van der Waals surface area contributed by atoms with Crippen molar-refractivity contribution in [3.8, 4) is 11.5 Å². The summed E-state index contributed by atoms with van der Waals surface area (Å²) in [6.45, 7) is 2.76. The summed E-state index contributed by atoms with van der Waals surface area (Å²) in [5.41, 5.74) is 2.47. The number of methoxy groups -OCH3 is 2. The Bertz CT molecular complexity index is 653. The normalized spacial score (nSPS) is 10.0. The van der Waals surface area contributed by atoms with Crippen LogP contribution in [0.5, 0.6) is 11.5 Å². The molecule has 0 aliphatic carbocycles. The van der Waals surface area contributed by atoms with Crippen LogP contribution in [-0.2, 0) is 11.3 Å². The smallest absolute Gasteiger partial charge is 0.338 e. The average Bonchev–Trinajstić information content (AvgIpc) is 2.60. The highest BCUT2D eigenvalue weighted by molar-refractivity contribution is 5.89. The molecule has 1 N–H and O–H groups in total. The van der Waals surface area contributed by atoms with E-state index in [-0.39, 0.29) is 5.97 Å². The van der Waals surface area contributed by atoms with Gasteiger partial charge in [-0.05, 0) is 43.3 Å². The maximum atomic E-state index is 11.6. The minimum atomic E-state index is -0.309. The average molecular weight is 315 g/mol. The molecule has 0 spiro atoms. The highest BCUT2D eigenvalue weighted by Crippen LogP contribution is 2.25. The van der Waals surface area contributed by atoms with Gasteiger partial charge in [0.05, 0.1) is 26.4 Å². The number of rotatable bonds is 7. The molecule has 0 aromatic heterocycles. The number of hydrogen-bond donors (Lipinski definition) is 1. The zero-order chi connectivity index (χ0) is 16.7. The van der Waals surface area contributed by atoms with E-state index in [1.165, 1.54) is 0 Å². The van der Waals surface area contributed by atoms with Crippen molar-refractivity contribution in [3.05, 3.63) is 53.6 Å². The molecule has 0 unspecified atom stereocenters. The molecule has 0 fully saturated rings. The van der Waals surface area contributed by atoms with Gasteiger partial charge in [0.15, 0.2) is 0 Å². The quantitative estimate of drug-likeness (QED) is 0.793. The summed E-state index contributed by atoms with van der Waals surface area (Å²) in [4.78, 5) is 11.6. The van der Waals surface area contributed by atoms with E-state index in [1.54, 1.807) is 33.3 Å². The van der Waals surface area contributed by atoms with Gasteiger partial charge >= 0.3 is 5.97 Å². The molecule has 2 aromatic carbocycles. The van der Waals surface area contributed by atoms with Crippen LogP contribution in [0.15, 0.2) is 42.5 Å². The highest BCUT2D eigenvalue weighted by Gasteiger charge is 2.07. The number of ether oxygens (including phenoxy) is 3. The Labute approximate surface area is 136 Å². The van der Waals surface area contributed by atoms with Crippen LogP contribution in [0.2, 0.25) is 0 Å². The monoisotopic (exact) mass is 315 g/mol. The second-order valence-electron chi connectivity index (χ2n) is 4.83. The summed E-state index contributed by atoms with van der Waals surface area (Å²) in [5, 5.41) is 3.30. The van der Waals surface area contributed by atoms with E-state index in [1.807, 2.05) is 30.3 Å². The van der Waals surface area contributed by atoms with Gasteiger partial charge in [-0.25, -0.2) is 4.79 Å². The zero-order valence-electron chi connectivity index (χ0n) is 13.6. The summed E-state index contributed by atoms with van der Waals surface area (Å²) >= 11 is 0. The molecule has 0 radical (unpaired) electrons. The first-order valence-electron chi connectivity index (χ1n) is 7.40. The lowest BCUT2D eigenvalue weighted by Crippen LogP contribution is -2.05. The number of benzene rings is 2. The molecule has 0 atom stereocenters. The third-order valence-electron chi connectivity index (χ3n) is 3.37. The fraction of sp³-hybridized carbons (Fsp3) is 0.278.